The van der Waals surface area contributed by atoms with Crippen LogP contribution in [0, 0.1) is 0 Å². The zero-order valence-corrected chi connectivity index (χ0v) is 3.81. The second-order valence-corrected chi connectivity index (χ2v) is 1.91. The molecule has 6 heavy (non-hydrogen) atoms. The normalized spacial score (nSPS) is 29.0. The topological polar surface area (TPSA) is 32.3 Å². The number of nitrogens with zero attached hydrogens (tertiary/aromatic N) is 1. The summed E-state index contributed by atoms with van der Waals surface area (Å²) >= 11 is 0. The van der Waals surface area contributed by atoms with Crippen LogP contribution in [0.1, 0.15) is 0 Å². The fourth-order valence-electron chi connectivity index (χ4n) is 0.435. The van der Waals surface area contributed by atoms with Gasteiger partial charge in [0.25, 0.3) is 0 Å². The van der Waals surface area contributed by atoms with E-state index in [1.807, 2.05) is 0 Å². The van der Waals surface area contributed by atoms with Crippen molar-refractivity contribution in [1.82, 2.24) is 5.32 Å². The molecule has 0 bridgehead atoms. The van der Waals surface area contributed by atoms with Crippen molar-refractivity contribution in [3.63, 3.8) is 0 Å². The first-order valence-electron chi connectivity index (χ1n) is 1.99. The Morgan fingerprint density at radius 2 is 2.00 bits per heavy atom. The third-order valence-corrected chi connectivity index (χ3v) is 0.905. The highest BCUT2D eigenvalue weighted by Crippen LogP contribution is 1.97. The van der Waals surface area contributed by atoms with Crippen molar-refractivity contribution in [2.45, 2.75) is 0 Å². The molecule has 1 aliphatic rings. The van der Waals surface area contributed by atoms with Gasteiger partial charge in [-0.05, 0) is 0 Å². The van der Waals surface area contributed by atoms with Gasteiger partial charge in [0.1, 0.15) is 7.05 Å². The van der Waals surface area contributed by atoms with E-state index in [1.165, 1.54) is 0 Å². The first kappa shape index (κ1) is 4.05. The highest BCUT2D eigenvalue weighted by atomic mass is 16.6. The summed E-state index contributed by atoms with van der Waals surface area (Å²) in [5.74, 6) is 0. The number of quaternary nitrogens is 1. The standard InChI is InChI=1S/C3H9N2O/c1-5(6)2-4-3-5/h4,6H,2-3H2,1H3/q+1. The average molecular weight is 89.1 g/mol. The van der Waals surface area contributed by atoms with Gasteiger partial charge in [-0.3, -0.25) is 0 Å². The SMILES string of the molecule is C[N+]1(O)CNC1. The van der Waals surface area contributed by atoms with Gasteiger partial charge in [0.2, 0.25) is 0 Å². The summed E-state index contributed by atoms with van der Waals surface area (Å²) in [7, 11) is 1.76. The van der Waals surface area contributed by atoms with Gasteiger partial charge in [-0.1, -0.05) is 0 Å². The van der Waals surface area contributed by atoms with Crippen LogP contribution >= 0.6 is 0 Å². The lowest BCUT2D eigenvalue weighted by Gasteiger charge is -2.33. The Labute approximate surface area is 36.7 Å². The number of rotatable bonds is 0. The summed E-state index contributed by atoms with van der Waals surface area (Å²) in [5, 5.41) is 11.7. The molecule has 1 aliphatic heterocycles. The first-order chi connectivity index (χ1) is 2.71. The van der Waals surface area contributed by atoms with Gasteiger partial charge in [-0.15, -0.1) is 0 Å². The summed E-state index contributed by atoms with van der Waals surface area (Å²) in [6.45, 7) is 1.39. The number of hydrogen-bond donors (Lipinski definition) is 2. The Balaban J connectivity index is 2.31. The number of nitrogens with one attached hydrogen (secondary N) is 1. The molecule has 3 heteroatoms. The van der Waals surface area contributed by atoms with E-state index in [2.05, 4.69) is 5.32 Å². The molecule has 36 valence electrons. The highest BCUT2D eigenvalue weighted by Gasteiger charge is 2.26. The van der Waals surface area contributed by atoms with E-state index in [0.29, 0.717) is 13.3 Å². The summed E-state index contributed by atoms with van der Waals surface area (Å²) < 4.78 is 0.139. The Morgan fingerprint density at radius 3 is 2.00 bits per heavy atom. The quantitative estimate of drug-likeness (QED) is 0.386. The molecule has 0 spiro atoms. The molecule has 0 amide bonds. The zero-order chi connectivity index (χ0) is 4.62. The minimum Gasteiger partial charge on any atom is -0.217 e. The largest absolute Gasteiger partial charge is 0.217 e. The van der Waals surface area contributed by atoms with E-state index in [0.717, 1.165) is 0 Å². The lowest BCUT2D eigenvalue weighted by atomic mass is 10.6. The first-order valence-corrected chi connectivity index (χ1v) is 1.99. The maximum atomic E-state index is 8.79. The van der Waals surface area contributed by atoms with E-state index in [-0.39, 0.29) is 4.65 Å². The monoisotopic (exact) mass is 89.1 g/mol. The average Bonchev–Trinajstić information content (AvgIpc) is 1.32. The Morgan fingerprint density at radius 1 is 1.67 bits per heavy atom. The molecule has 1 fully saturated rings. The van der Waals surface area contributed by atoms with Crippen molar-refractivity contribution in [3.8, 4) is 0 Å². The molecular formula is C3H9N2O+. The van der Waals surface area contributed by atoms with Crippen LogP contribution in [0.4, 0.5) is 0 Å². The Kier molecular flexibility index (Phi) is 0.629. The van der Waals surface area contributed by atoms with Crippen LogP contribution in [0.5, 0.6) is 0 Å². The maximum absolute atomic E-state index is 8.79. The van der Waals surface area contributed by atoms with Crippen molar-refractivity contribution >= 4 is 0 Å². The van der Waals surface area contributed by atoms with Gasteiger partial charge in [0, 0.05) is 0 Å². The molecule has 0 saturated carbocycles. The molecule has 0 aliphatic carbocycles. The maximum Gasteiger partial charge on any atom is 0.167 e. The van der Waals surface area contributed by atoms with Crippen LogP contribution in [0.2, 0.25) is 0 Å². The van der Waals surface area contributed by atoms with Gasteiger partial charge in [0.15, 0.2) is 13.3 Å². The van der Waals surface area contributed by atoms with Gasteiger partial charge in [-0.2, -0.15) is 4.65 Å². The lowest BCUT2D eigenvalue weighted by molar-refractivity contribution is -1.12. The van der Waals surface area contributed by atoms with Crippen LogP contribution in [0.25, 0.3) is 0 Å². The lowest BCUT2D eigenvalue weighted by Crippen LogP contribution is -2.63. The Bertz CT molecular complexity index is 55.8. The number of hydroxylamine groups is 3. The van der Waals surface area contributed by atoms with E-state index in [1.54, 1.807) is 7.05 Å². The molecule has 0 atom stereocenters. The predicted molar refractivity (Wildman–Crippen MR) is 20.8 cm³/mol. The van der Waals surface area contributed by atoms with Crippen molar-refractivity contribution < 1.29 is 9.85 Å². The van der Waals surface area contributed by atoms with E-state index in [4.69, 9.17) is 5.21 Å². The summed E-state index contributed by atoms with van der Waals surface area (Å²) in [4.78, 5) is 0. The van der Waals surface area contributed by atoms with Crippen molar-refractivity contribution in [1.29, 1.82) is 0 Å². The van der Waals surface area contributed by atoms with Crippen molar-refractivity contribution in [2.24, 2.45) is 0 Å². The minimum atomic E-state index is 0.139. The molecule has 1 rings (SSSR count). The minimum absolute atomic E-state index is 0.139. The molecular weight excluding hydrogens is 80.0 g/mol. The zero-order valence-electron chi connectivity index (χ0n) is 3.81. The van der Waals surface area contributed by atoms with Gasteiger partial charge in [-0.25, -0.2) is 10.5 Å². The van der Waals surface area contributed by atoms with Crippen LogP contribution in [-0.4, -0.2) is 30.2 Å². The van der Waals surface area contributed by atoms with Crippen molar-refractivity contribution in [3.05, 3.63) is 0 Å². The second-order valence-electron chi connectivity index (χ2n) is 1.91. The third kappa shape index (κ3) is 0.518. The summed E-state index contributed by atoms with van der Waals surface area (Å²) in [6, 6.07) is 0. The number of hydrogen-bond acceptors (Lipinski definition) is 2. The molecule has 0 unspecified atom stereocenters. The van der Waals surface area contributed by atoms with Crippen LogP contribution in [0.3, 0.4) is 0 Å². The van der Waals surface area contributed by atoms with Crippen LogP contribution in [0.15, 0.2) is 0 Å². The molecule has 0 aromatic carbocycles. The van der Waals surface area contributed by atoms with Gasteiger partial charge >= 0.3 is 0 Å². The van der Waals surface area contributed by atoms with Crippen molar-refractivity contribution in [2.75, 3.05) is 20.4 Å². The second kappa shape index (κ2) is 0.932. The predicted octanol–water partition coefficient (Wildman–Crippen LogP) is -0.660. The van der Waals surface area contributed by atoms with Crippen LogP contribution in [-0.2, 0) is 0 Å². The Hall–Kier alpha value is -0.120. The summed E-state index contributed by atoms with van der Waals surface area (Å²) in [5.41, 5.74) is 0. The van der Waals surface area contributed by atoms with E-state index >= 15 is 0 Å². The molecule has 1 heterocycles. The summed E-state index contributed by atoms with van der Waals surface area (Å²) in [6.07, 6.45) is 0. The van der Waals surface area contributed by atoms with Gasteiger partial charge in [0.05, 0.1) is 0 Å². The molecule has 0 radical (unpaired) electrons. The highest BCUT2D eigenvalue weighted by molar-refractivity contribution is 4.32. The van der Waals surface area contributed by atoms with Crippen LogP contribution < -0.4 is 5.32 Å². The molecule has 3 nitrogen and oxygen atoms in total. The third-order valence-electron chi connectivity index (χ3n) is 0.905. The molecule has 1 saturated heterocycles. The van der Waals surface area contributed by atoms with E-state index < -0.39 is 0 Å². The molecule has 2 N–H and O–H groups in total. The smallest absolute Gasteiger partial charge is 0.167 e. The fourth-order valence-corrected chi connectivity index (χ4v) is 0.435. The van der Waals surface area contributed by atoms with Gasteiger partial charge < -0.3 is 0 Å². The fraction of sp³-hybridized carbons (Fsp3) is 1.00. The molecule has 0 aromatic heterocycles. The van der Waals surface area contributed by atoms with E-state index in [9.17, 15) is 0 Å². The molecule has 0 aromatic rings.